The van der Waals surface area contributed by atoms with E-state index >= 15 is 0 Å². The first-order valence-electron chi connectivity index (χ1n) is 7.19. The largest absolute Gasteiger partial charge is 0.481 e. The number of benzene rings is 1. The van der Waals surface area contributed by atoms with Crippen molar-refractivity contribution in [2.24, 2.45) is 0 Å². The first kappa shape index (κ1) is 15.3. The third-order valence-electron chi connectivity index (χ3n) is 4.38. The SMILES string of the molecule is CN(Cc1cccc(Cl)c1)C1(CC(=O)O)CCCCC1. The van der Waals surface area contributed by atoms with Gasteiger partial charge in [0.2, 0.25) is 0 Å². The molecule has 0 radical (unpaired) electrons. The number of rotatable bonds is 5. The quantitative estimate of drug-likeness (QED) is 0.894. The maximum absolute atomic E-state index is 11.2. The number of halogens is 1. The number of carbonyl (C=O) groups is 1. The summed E-state index contributed by atoms with van der Waals surface area (Å²) in [6.45, 7) is 0.744. The average molecular weight is 296 g/mol. The minimum atomic E-state index is -0.704. The molecule has 1 saturated carbocycles. The Morgan fingerprint density at radius 3 is 2.65 bits per heavy atom. The summed E-state index contributed by atoms with van der Waals surface area (Å²) in [5, 5.41) is 9.97. The van der Waals surface area contributed by atoms with E-state index in [2.05, 4.69) is 4.90 Å². The van der Waals surface area contributed by atoms with Crippen LogP contribution in [0.3, 0.4) is 0 Å². The maximum Gasteiger partial charge on any atom is 0.305 e. The monoisotopic (exact) mass is 295 g/mol. The zero-order chi connectivity index (χ0) is 14.6. The van der Waals surface area contributed by atoms with Crippen molar-refractivity contribution in [2.45, 2.75) is 50.6 Å². The molecule has 1 aliphatic rings. The highest BCUT2D eigenvalue weighted by molar-refractivity contribution is 6.30. The van der Waals surface area contributed by atoms with E-state index < -0.39 is 5.97 Å². The Morgan fingerprint density at radius 1 is 1.35 bits per heavy atom. The molecule has 4 heteroatoms. The molecule has 20 heavy (non-hydrogen) atoms. The third kappa shape index (κ3) is 3.74. The molecule has 1 aromatic rings. The Balaban J connectivity index is 2.13. The zero-order valence-corrected chi connectivity index (χ0v) is 12.7. The van der Waals surface area contributed by atoms with Crippen LogP contribution in [0.2, 0.25) is 5.02 Å². The van der Waals surface area contributed by atoms with Crippen LogP contribution in [-0.2, 0) is 11.3 Å². The van der Waals surface area contributed by atoms with Gasteiger partial charge in [0.05, 0.1) is 6.42 Å². The second-order valence-electron chi connectivity index (χ2n) is 5.84. The molecule has 0 atom stereocenters. The lowest BCUT2D eigenvalue weighted by atomic mass is 9.78. The molecule has 3 nitrogen and oxygen atoms in total. The van der Waals surface area contributed by atoms with Crippen LogP contribution in [0.1, 0.15) is 44.1 Å². The van der Waals surface area contributed by atoms with E-state index in [0.717, 1.165) is 42.8 Å². The van der Waals surface area contributed by atoms with Crippen LogP contribution in [0.25, 0.3) is 0 Å². The van der Waals surface area contributed by atoms with Gasteiger partial charge in [0.15, 0.2) is 0 Å². The molecule has 0 aromatic heterocycles. The predicted molar refractivity (Wildman–Crippen MR) is 81.0 cm³/mol. The molecule has 1 aliphatic carbocycles. The molecule has 0 bridgehead atoms. The molecular weight excluding hydrogens is 274 g/mol. The molecule has 0 heterocycles. The van der Waals surface area contributed by atoms with Crippen molar-refractivity contribution in [1.82, 2.24) is 4.90 Å². The van der Waals surface area contributed by atoms with Crippen molar-refractivity contribution >= 4 is 17.6 Å². The highest BCUT2D eigenvalue weighted by Crippen LogP contribution is 2.36. The number of nitrogens with zero attached hydrogens (tertiary/aromatic N) is 1. The van der Waals surface area contributed by atoms with E-state index in [1.807, 2.05) is 31.3 Å². The second kappa shape index (κ2) is 6.59. The summed E-state index contributed by atoms with van der Waals surface area (Å²) in [4.78, 5) is 13.5. The molecule has 0 spiro atoms. The minimum Gasteiger partial charge on any atom is -0.481 e. The normalized spacial score (nSPS) is 18.1. The summed E-state index contributed by atoms with van der Waals surface area (Å²) in [6.07, 6.45) is 5.61. The molecule has 110 valence electrons. The molecule has 2 rings (SSSR count). The van der Waals surface area contributed by atoms with Crippen LogP contribution in [0.5, 0.6) is 0 Å². The second-order valence-corrected chi connectivity index (χ2v) is 6.28. The number of hydrogen-bond acceptors (Lipinski definition) is 2. The number of aliphatic carboxylic acids is 1. The van der Waals surface area contributed by atoms with Crippen molar-refractivity contribution in [2.75, 3.05) is 7.05 Å². The minimum absolute atomic E-state index is 0.202. The fraction of sp³-hybridized carbons (Fsp3) is 0.562. The molecule has 0 aliphatic heterocycles. The highest BCUT2D eigenvalue weighted by Gasteiger charge is 2.37. The van der Waals surface area contributed by atoms with E-state index in [0.29, 0.717) is 0 Å². The van der Waals surface area contributed by atoms with Gasteiger partial charge < -0.3 is 5.11 Å². The topological polar surface area (TPSA) is 40.5 Å². The summed E-state index contributed by atoms with van der Waals surface area (Å²) in [7, 11) is 2.04. The van der Waals surface area contributed by atoms with E-state index in [1.165, 1.54) is 6.42 Å². The lowest BCUT2D eigenvalue weighted by molar-refractivity contribution is -0.141. The molecule has 1 fully saturated rings. The molecule has 0 amide bonds. The maximum atomic E-state index is 11.2. The number of hydrogen-bond donors (Lipinski definition) is 1. The fourth-order valence-corrected chi connectivity index (χ4v) is 3.47. The Hall–Kier alpha value is -1.06. The van der Waals surface area contributed by atoms with Gasteiger partial charge in [0.25, 0.3) is 0 Å². The Bertz CT molecular complexity index is 469. The average Bonchev–Trinajstić information content (AvgIpc) is 2.39. The Labute approximate surface area is 125 Å². The smallest absolute Gasteiger partial charge is 0.305 e. The van der Waals surface area contributed by atoms with Crippen molar-refractivity contribution in [1.29, 1.82) is 0 Å². The van der Waals surface area contributed by atoms with Crippen molar-refractivity contribution in [3.8, 4) is 0 Å². The molecule has 1 aromatic carbocycles. The van der Waals surface area contributed by atoms with Crippen LogP contribution in [0.4, 0.5) is 0 Å². The van der Waals surface area contributed by atoms with Crippen LogP contribution in [0, 0.1) is 0 Å². The lowest BCUT2D eigenvalue weighted by Gasteiger charge is -2.44. The summed E-state index contributed by atoms with van der Waals surface area (Å²) < 4.78 is 0. The van der Waals surface area contributed by atoms with Crippen LogP contribution >= 0.6 is 11.6 Å². The van der Waals surface area contributed by atoms with Crippen LogP contribution in [-0.4, -0.2) is 28.6 Å². The highest BCUT2D eigenvalue weighted by atomic mass is 35.5. The first-order valence-corrected chi connectivity index (χ1v) is 7.57. The van der Waals surface area contributed by atoms with Crippen molar-refractivity contribution in [3.63, 3.8) is 0 Å². The van der Waals surface area contributed by atoms with Gasteiger partial charge in [0, 0.05) is 17.1 Å². The van der Waals surface area contributed by atoms with Crippen molar-refractivity contribution in [3.05, 3.63) is 34.9 Å². The zero-order valence-electron chi connectivity index (χ0n) is 11.9. The standard InChI is InChI=1S/C16H22ClNO2/c1-18(12-13-6-5-7-14(17)10-13)16(11-15(19)20)8-3-2-4-9-16/h5-7,10H,2-4,8-9,11-12H2,1H3,(H,19,20). The Kier molecular flexibility index (Phi) is 5.06. The molecule has 1 N–H and O–H groups in total. The third-order valence-corrected chi connectivity index (χ3v) is 4.62. The summed E-state index contributed by atoms with van der Waals surface area (Å²) in [5.41, 5.74) is 0.933. The molecule has 0 saturated heterocycles. The van der Waals surface area contributed by atoms with E-state index in [9.17, 15) is 9.90 Å². The fourth-order valence-electron chi connectivity index (χ4n) is 3.26. The van der Waals surface area contributed by atoms with Gasteiger partial charge in [-0.2, -0.15) is 0 Å². The first-order chi connectivity index (χ1) is 9.52. The van der Waals surface area contributed by atoms with Crippen molar-refractivity contribution < 1.29 is 9.90 Å². The van der Waals surface area contributed by atoms with Gasteiger partial charge in [-0.3, -0.25) is 9.69 Å². The van der Waals surface area contributed by atoms with Gasteiger partial charge in [-0.15, -0.1) is 0 Å². The predicted octanol–water partition coefficient (Wildman–Crippen LogP) is 3.95. The number of carboxylic acids is 1. The molecule has 0 unspecified atom stereocenters. The molecular formula is C16H22ClNO2. The van der Waals surface area contributed by atoms with Gasteiger partial charge in [-0.25, -0.2) is 0 Å². The summed E-state index contributed by atoms with van der Waals surface area (Å²) in [5.74, 6) is -0.704. The van der Waals surface area contributed by atoms with E-state index in [1.54, 1.807) is 0 Å². The lowest BCUT2D eigenvalue weighted by Crippen LogP contribution is -2.49. The van der Waals surface area contributed by atoms with E-state index in [-0.39, 0.29) is 12.0 Å². The van der Waals surface area contributed by atoms with Gasteiger partial charge in [-0.1, -0.05) is 43.0 Å². The summed E-state index contributed by atoms with van der Waals surface area (Å²) >= 11 is 6.02. The van der Waals surface area contributed by atoms with E-state index in [4.69, 9.17) is 11.6 Å². The van der Waals surface area contributed by atoms with Gasteiger partial charge in [0.1, 0.15) is 0 Å². The summed E-state index contributed by atoms with van der Waals surface area (Å²) in [6, 6.07) is 7.80. The van der Waals surface area contributed by atoms with Gasteiger partial charge in [-0.05, 0) is 37.6 Å². The van der Waals surface area contributed by atoms with Crippen LogP contribution < -0.4 is 0 Å². The van der Waals surface area contributed by atoms with Gasteiger partial charge >= 0.3 is 5.97 Å². The number of carboxylic acid groups (broad SMARTS) is 1. The van der Waals surface area contributed by atoms with Crippen LogP contribution in [0.15, 0.2) is 24.3 Å². The Morgan fingerprint density at radius 2 is 2.05 bits per heavy atom.